The summed E-state index contributed by atoms with van der Waals surface area (Å²) >= 11 is 0. The molecule has 0 N–H and O–H groups in total. The molecule has 6 nitrogen and oxygen atoms in total. The van der Waals surface area contributed by atoms with Gasteiger partial charge >= 0.3 is 17.9 Å². The van der Waals surface area contributed by atoms with Gasteiger partial charge in [-0.15, -0.1) is 0 Å². The lowest BCUT2D eigenvalue weighted by atomic mass is 10.0. The molecule has 0 aliphatic rings. The summed E-state index contributed by atoms with van der Waals surface area (Å²) in [5, 5.41) is 0. The van der Waals surface area contributed by atoms with Crippen LogP contribution in [0.2, 0.25) is 0 Å². The lowest BCUT2D eigenvalue weighted by molar-refractivity contribution is -0.167. The molecule has 0 aliphatic carbocycles. The van der Waals surface area contributed by atoms with Crippen molar-refractivity contribution in [3.8, 4) is 0 Å². The van der Waals surface area contributed by atoms with Crippen molar-refractivity contribution in [1.82, 2.24) is 0 Å². The van der Waals surface area contributed by atoms with E-state index in [1.165, 1.54) is 116 Å². The first-order chi connectivity index (χ1) is 36.5. The number of unbranched alkanes of at least 4 members (excludes halogenated alkanes) is 26. The maximum atomic E-state index is 12.8. The number of hydrogen-bond acceptors (Lipinski definition) is 6. The Morgan fingerprint density at radius 3 is 0.824 bits per heavy atom. The van der Waals surface area contributed by atoms with Gasteiger partial charge in [-0.2, -0.15) is 0 Å². The number of allylic oxidation sites excluding steroid dienone is 18. The zero-order chi connectivity index (χ0) is 53.6. The largest absolute Gasteiger partial charge is 0.462 e. The molecule has 0 heterocycles. The third kappa shape index (κ3) is 59.0. The van der Waals surface area contributed by atoms with E-state index in [9.17, 15) is 14.4 Å². The summed E-state index contributed by atoms with van der Waals surface area (Å²) in [6.45, 7) is 6.45. The molecule has 0 aliphatic heterocycles. The van der Waals surface area contributed by atoms with Crippen LogP contribution in [0, 0.1) is 0 Å². The second-order valence-electron chi connectivity index (χ2n) is 20.2. The Balaban J connectivity index is 4.18. The van der Waals surface area contributed by atoms with Gasteiger partial charge in [0.25, 0.3) is 0 Å². The maximum Gasteiger partial charge on any atom is 0.306 e. The molecule has 6 heteroatoms. The van der Waals surface area contributed by atoms with E-state index < -0.39 is 6.10 Å². The molecule has 0 aromatic heterocycles. The minimum atomic E-state index is -0.786. The van der Waals surface area contributed by atoms with Crippen LogP contribution in [0.4, 0.5) is 0 Å². The molecule has 1 unspecified atom stereocenters. The lowest BCUT2D eigenvalue weighted by Gasteiger charge is -2.18. The highest BCUT2D eigenvalue weighted by molar-refractivity contribution is 5.71. The molecule has 1 atom stereocenters. The van der Waals surface area contributed by atoms with Crippen LogP contribution in [0.15, 0.2) is 109 Å². The molecule has 0 fully saturated rings. The standard InChI is InChI=1S/C68H114O6/c1-4-7-10-13-16-18-20-22-24-26-28-30-32-33-34-35-37-38-40-42-44-46-48-50-52-55-58-61-67(70)73-64-65(63-72-66(69)60-57-54-15-12-9-6-3)74-68(71)62-59-56-53-51-49-47-45-43-41-39-36-31-29-27-25-23-21-19-17-14-11-8-5-2/h7,10,16,18,21-24,27-30,33-34,37-38,42,44,65H,4-6,8-9,11-15,17,19-20,25-26,31-32,35-36,39-41,43,45-64H2,1-3H3/b10-7-,18-16-,23-21-,24-22-,29-27-,30-28-,34-33-,38-37-,44-42-. The van der Waals surface area contributed by atoms with Gasteiger partial charge in [0.2, 0.25) is 0 Å². The summed E-state index contributed by atoms with van der Waals surface area (Å²) in [5.41, 5.74) is 0. The highest BCUT2D eigenvalue weighted by Crippen LogP contribution is 2.15. The molecule has 74 heavy (non-hydrogen) atoms. The molecule has 0 bridgehead atoms. The quantitative estimate of drug-likeness (QED) is 0.0261. The van der Waals surface area contributed by atoms with E-state index in [4.69, 9.17) is 14.2 Å². The van der Waals surface area contributed by atoms with Crippen molar-refractivity contribution in [2.75, 3.05) is 13.2 Å². The molecular formula is C68H114O6. The van der Waals surface area contributed by atoms with Crippen LogP contribution in [0.1, 0.15) is 284 Å². The number of esters is 3. The van der Waals surface area contributed by atoms with Gasteiger partial charge in [0, 0.05) is 19.3 Å². The molecule has 0 saturated heterocycles. The number of carbonyl (C=O) groups excluding carboxylic acids is 3. The molecular weight excluding hydrogens is 913 g/mol. The van der Waals surface area contributed by atoms with Crippen LogP contribution in [0.3, 0.4) is 0 Å². The smallest absolute Gasteiger partial charge is 0.306 e. The zero-order valence-electron chi connectivity index (χ0n) is 48.3. The van der Waals surface area contributed by atoms with Crippen molar-refractivity contribution < 1.29 is 28.6 Å². The Morgan fingerprint density at radius 2 is 0.527 bits per heavy atom. The first kappa shape index (κ1) is 70.1. The molecule has 0 radical (unpaired) electrons. The third-order valence-corrected chi connectivity index (χ3v) is 13.0. The highest BCUT2D eigenvalue weighted by atomic mass is 16.6. The molecule has 0 saturated carbocycles. The lowest BCUT2D eigenvalue weighted by Crippen LogP contribution is -2.30. The Labute approximate surface area is 457 Å². The first-order valence-corrected chi connectivity index (χ1v) is 30.9. The van der Waals surface area contributed by atoms with Gasteiger partial charge in [0.05, 0.1) is 0 Å². The van der Waals surface area contributed by atoms with Crippen molar-refractivity contribution in [3.63, 3.8) is 0 Å². The van der Waals surface area contributed by atoms with E-state index in [0.29, 0.717) is 19.3 Å². The van der Waals surface area contributed by atoms with Gasteiger partial charge in [-0.1, -0.05) is 265 Å². The first-order valence-electron chi connectivity index (χ1n) is 30.9. The highest BCUT2D eigenvalue weighted by Gasteiger charge is 2.19. The van der Waals surface area contributed by atoms with Crippen molar-refractivity contribution in [2.24, 2.45) is 0 Å². The zero-order valence-corrected chi connectivity index (χ0v) is 48.3. The van der Waals surface area contributed by atoms with Crippen LogP contribution in [-0.4, -0.2) is 37.2 Å². The fourth-order valence-corrected chi connectivity index (χ4v) is 8.39. The van der Waals surface area contributed by atoms with E-state index in [-0.39, 0.29) is 31.1 Å². The fourth-order valence-electron chi connectivity index (χ4n) is 8.39. The second-order valence-corrected chi connectivity index (χ2v) is 20.2. The minimum absolute atomic E-state index is 0.0855. The van der Waals surface area contributed by atoms with Crippen molar-refractivity contribution >= 4 is 17.9 Å². The van der Waals surface area contributed by atoms with E-state index >= 15 is 0 Å². The van der Waals surface area contributed by atoms with Gasteiger partial charge in [-0.05, 0) is 109 Å². The Kier molecular flexibility index (Phi) is 58.3. The van der Waals surface area contributed by atoms with Crippen LogP contribution in [0.25, 0.3) is 0 Å². The topological polar surface area (TPSA) is 78.9 Å². The van der Waals surface area contributed by atoms with E-state index in [1.54, 1.807) is 0 Å². The predicted octanol–water partition coefficient (Wildman–Crippen LogP) is 21.0. The van der Waals surface area contributed by atoms with Crippen molar-refractivity contribution in [1.29, 1.82) is 0 Å². The molecule has 0 aromatic rings. The number of hydrogen-bond donors (Lipinski definition) is 0. The molecule has 0 spiro atoms. The average Bonchev–Trinajstić information content (AvgIpc) is 3.40. The normalized spacial score (nSPS) is 12.9. The van der Waals surface area contributed by atoms with Crippen LogP contribution < -0.4 is 0 Å². The number of rotatable bonds is 55. The van der Waals surface area contributed by atoms with Gasteiger partial charge in [-0.25, -0.2) is 0 Å². The molecule has 0 rings (SSSR count). The third-order valence-electron chi connectivity index (χ3n) is 13.0. The Bertz CT molecular complexity index is 1510. The number of carbonyl (C=O) groups is 3. The summed E-state index contributed by atoms with van der Waals surface area (Å²) in [4.78, 5) is 38.0. The van der Waals surface area contributed by atoms with E-state index in [0.717, 1.165) is 128 Å². The van der Waals surface area contributed by atoms with Crippen molar-refractivity contribution in [2.45, 2.75) is 290 Å². The molecule has 0 amide bonds. The fraction of sp³-hybridized carbons (Fsp3) is 0.691. The predicted molar refractivity (Wildman–Crippen MR) is 320 cm³/mol. The molecule has 422 valence electrons. The van der Waals surface area contributed by atoms with Gasteiger partial charge in [0.1, 0.15) is 13.2 Å². The van der Waals surface area contributed by atoms with E-state index in [1.807, 2.05) is 0 Å². The number of ether oxygens (including phenoxy) is 3. The second kappa shape index (κ2) is 61.6. The SMILES string of the molecule is CC/C=C\C/C=C\C/C=C\C/C=C\C/C=C\C/C=C\C/C=C\CCCCCCCC(=O)OCC(COC(=O)CCCCCCCC)OC(=O)CCCCCCCCCCCCC/C=C\C/C=C\CCCCCCC. The Morgan fingerprint density at radius 1 is 0.284 bits per heavy atom. The van der Waals surface area contributed by atoms with E-state index in [2.05, 4.69) is 130 Å². The summed E-state index contributed by atoms with van der Waals surface area (Å²) < 4.78 is 16.8. The minimum Gasteiger partial charge on any atom is -0.462 e. The monoisotopic (exact) mass is 1030 g/mol. The molecule has 0 aromatic carbocycles. The maximum absolute atomic E-state index is 12.8. The van der Waals surface area contributed by atoms with Crippen LogP contribution in [-0.2, 0) is 28.6 Å². The summed E-state index contributed by atoms with van der Waals surface area (Å²) in [7, 11) is 0. The van der Waals surface area contributed by atoms with Gasteiger partial charge in [0.15, 0.2) is 6.10 Å². The summed E-state index contributed by atoms with van der Waals surface area (Å²) in [6.07, 6.45) is 84.0. The summed E-state index contributed by atoms with van der Waals surface area (Å²) in [5.74, 6) is -0.914. The van der Waals surface area contributed by atoms with Gasteiger partial charge in [-0.3, -0.25) is 14.4 Å². The van der Waals surface area contributed by atoms with Crippen LogP contribution >= 0.6 is 0 Å². The van der Waals surface area contributed by atoms with Gasteiger partial charge < -0.3 is 14.2 Å². The average molecular weight is 1030 g/mol. The van der Waals surface area contributed by atoms with Crippen molar-refractivity contribution in [3.05, 3.63) is 109 Å². The Hall–Kier alpha value is -3.93. The van der Waals surface area contributed by atoms with Crippen LogP contribution in [0.5, 0.6) is 0 Å². The summed E-state index contributed by atoms with van der Waals surface area (Å²) in [6, 6.07) is 0.